The number of hydrogen-bond acceptors (Lipinski definition) is 5. The monoisotopic (exact) mass is 377 g/mol. The minimum Gasteiger partial charge on any atom is -0.448 e. The number of hydrogen-bond donors (Lipinski definition) is 1. The first kappa shape index (κ1) is 17.4. The molecule has 2 heterocycles. The van der Waals surface area contributed by atoms with Crippen LogP contribution in [0, 0.1) is 13.8 Å². The van der Waals surface area contributed by atoms with Crippen molar-refractivity contribution in [1.82, 2.24) is 9.38 Å². The Morgan fingerprint density at radius 1 is 1.36 bits per heavy atom. The second-order valence-electron chi connectivity index (χ2n) is 5.66. The van der Waals surface area contributed by atoms with Crippen molar-refractivity contribution in [3.05, 3.63) is 51.7 Å². The molecule has 0 bridgehead atoms. The Morgan fingerprint density at radius 3 is 2.84 bits per heavy atom. The first-order valence-electron chi connectivity index (χ1n) is 7.57. The van der Waals surface area contributed by atoms with Gasteiger partial charge >= 0.3 is 5.97 Å². The fourth-order valence-corrected chi connectivity index (χ4v) is 3.41. The van der Waals surface area contributed by atoms with Gasteiger partial charge in [-0.1, -0.05) is 29.3 Å². The molecule has 6 nitrogen and oxygen atoms in total. The quantitative estimate of drug-likeness (QED) is 0.701. The summed E-state index contributed by atoms with van der Waals surface area (Å²) >= 11 is 7.36. The van der Waals surface area contributed by atoms with Crippen molar-refractivity contribution in [1.29, 1.82) is 0 Å². The molecule has 1 amide bonds. The SMILES string of the molecule is Cc1ccc(NC(=O)[C@H](C)OC(=O)c2c(Cl)nc3sccn23)c(C)c1. The second-order valence-corrected chi connectivity index (χ2v) is 6.89. The van der Waals surface area contributed by atoms with Gasteiger partial charge in [0, 0.05) is 17.3 Å². The molecule has 0 spiro atoms. The summed E-state index contributed by atoms with van der Waals surface area (Å²) in [5.41, 5.74) is 2.83. The highest BCUT2D eigenvalue weighted by molar-refractivity contribution is 7.15. The zero-order valence-corrected chi connectivity index (χ0v) is 15.4. The molecule has 1 N–H and O–H groups in total. The van der Waals surface area contributed by atoms with Gasteiger partial charge in [-0.05, 0) is 32.4 Å². The average molecular weight is 378 g/mol. The number of anilines is 1. The van der Waals surface area contributed by atoms with E-state index in [0.717, 1.165) is 11.1 Å². The summed E-state index contributed by atoms with van der Waals surface area (Å²) in [4.78, 5) is 29.4. The third-order valence-electron chi connectivity index (χ3n) is 3.71. The Hall–Kier alpha value is -2.38. The number of halogens is 1. The molecule has 0 aliphatic carbocycles. The fourth-order valence-electron chi connectivity index (χ4n) is 2.40. The Balaban J connectivity index is 1.71. The lowest BCUT2D eigenvalue weighted by atomic mass is 10.1. The lowest BCUT2D eigenvalue weighted by Gasteiger charge is -2.15. The third-order valence-corrected chi connectivity index (χ3v) is 4.73. The van der Waals surface area contributed by atoms with Crippen molar-refractivity contribution in [2.45, 2.75) is 26.9 Å². The van der Waals surface area contributed by atoms with E-state index in [0.29, 0.717) is 10.6 Å². The first-order chi connectivity index (χ1) is 11.9. The van der Waals surface area contributed by atoms with Crippen LogP contribution in [0.15, 0.2) is 29.8 Å². The summed E-state index contributed by atoms with van der Waals surface area (Å²) in [6.45, 7) is 5.39. The van der Waals surface area contributed by atoms with Gasteiger partial charge in [0.2, 0.25) is 0 Å². The Morgan fingerprint density at radius 2 is 2.12 bits per heavy atom. The second kappa shape index (κ2) is 6.85. The van der Waals surface area contributed by atoms with Crippen molar-refractivity contribution in [2.75, 3.05) is 5.32 Å². The molecule has 25 heavy (non-hydrogen) atoms. The zero-order valence-electron chi connectivity index (χ0n) is 13.9. The van der Waals surface area contributed by atoms with E-state index in [1.807, 2.05) is 32.0 Å². The zero-order chi connectivity index (χ0) is 18.1. The highest BCUT2D eigenvalue weighted by Crippen LogP contribution is 2.23. The standard InChI is InChI=1S/C17H16ClN3O3S/c1-9-4-5-12(10(2)8-9)19-15(22)11(3)24-16(23)13-14(18)20-17-21(13)6-7-25-17/h4-8,11H,1-3H3,(H,19,22)/t11-/m0/s1. The predicted octanol–water partition coefficient (Wildman–Crippen LogP) is 3.85. The number of ether oxygens (including phenoxy) is 1. The minimum absolute atomic E-state index is 0.0545. The van der Waals surface area contributed by atoms with Gasteiger partial charge in [-0.15, -0.1) is 11.3 Å². The maximum Gasteiger partial charge on any atom is 0.359 e. The Kier molecular flexibility index (Phi) is 4.78. The normalized spacial score (nSPS) is 12.2. The van der Waals surface area contributed by atoms with Gasteiger partial charge in [-0.2, -0.15) is 0 Å². The summed E-state index contributed by atoms with van der Waals surface area (Å²) < 4.78 is 6.80. The lowest BCUT2D eigenvalue weighted by molar-refractivity contribution is -0.123. The van der Waals surface area contributed by atoms with E-state index in [2.05, 4.69) is 10.3 Å². The van der Waals surface area contributed by atoms with E-state index in [4.69, 9.17) is 16.3 Å². The number of imidazole rings is 1. The first-order valence-corrected chi connectivity index (χ1v) is 8.82. The van der Waals surface area contributed by atoms with Crippen LogP contribution in [0.2, 0.25) is 5.15 Å². The number of aromatic nitrogens is 2. The van der Waals surface area contributed by atoms with Gasteiger partial charge in [0.25, 0.3) is 5.91 Å². The number of benzene rings is 1. The van der Waals surface area contributed by atoms with Crippen LogP contribution in [0.4, 0.5) is 5.69 Å². The summed E-state index contributed by atoms with van der Waals surface area (Å²) in [5, 5.41) is 4.60. The van der Waals surface area contributed by atoms with E-state index in [1.54, 1.807) is 16.0 Å². The summed E-state index contributed by atoms with van der Waals surface area (Å²) in [7, 11) is 0. The number of nitrogens with one attached hydrogen (secondary N) is 1. The molecule has 1 atom stereocenters. The minimum atomic E-state index is -0.978. The molecule has 8 heteroatoms. The highest BCUT2D eigenvalue weighted by Gasteiger charge is 2.25. The topological polar surface area (TPSA) is 72.7 Å². The summed E-state index contributed by atoms with van der Waals surface area (Å²) in [6, 6.07) is 5.68. The van der Waals surface area contributed by atoms with Crippen molar-refractivity contribution in [2.24, 2.45) is 0 Å². The van der Waals surface area contributed by atoms with Crippen molar-refractivity contribution >= 4 is 45.5 Å². The molecule has 0 saturated carbocycles. The van der Waals surface area contributed by atoms with Crippen LogP contribution in [0.3, 0.4) is 0 Å². The summed E-state index contributed by atoms with van der Waals surface area (Å²) in [5.74, 6) is -1.11. The molecule has 0 fully saturated rings. The smallest absolute Gasteiger partial charge is 0.359 e. The Labute approximate surface area is 153 Å². The molecule has 0 saturated heterocycles. The van der Waals surface area contributed by atoms with Crippen LogP contribution in [-0.4, -0.2) is 27.4 Å². The van der Waals surface area contributed by atoms with Gasteiger partial charge in [0.05, 0.1) is 0 Å². The molecule has 0 aliphatic heterocycles. The van der Waals surface area contributed by atoms with Crippen molar-refractivity contribution < 1.29 is 14.3 Å². The van der Waals surface area contributed by atoms with E-state index in [-0.39, 0.29) is 10.8 Å². The number of carbonyl (C=O) groups is 2. The van der Waals surface area contributed by atoms with Gasteiger partial charge in [-0.25, -0.2) is 9.78 Å². The maximum absolute atomic E-state index is 12.4. The van der Waals surface area contributed by atoms with Gasteiger partial charge < -0.3 is 10.1 Å². The van der Waals surface area contributed by atoms with Crippen LogP contribution in [-0.2, 0) is 9.53 Å². The summed E-state index contributed by atoms with van der Waals surface area (Å²) in [6.07, 6.45) is 0.698. The fraction of sp³-hybridized carbons (Fsp3) is 0.235. The molecule has 1 aromatic carbocycles. The van der Waals surface area contributed by atoms with Crippen molar-refractivity contribution in [3.8, 4) is 0 Å². The number of rotatable bonds is 4. The van der Waals surface area contributed by atoms with E-state index in [9.17, 15) is 9.59 Å². The molecular weight excluding hydrogens is 362 g/mol. The van der Waals surface area contributed by atoms with Crippen LogP contribution >= 0.6 is 22.9 Å². The van der Waals surface area contributed by atoms with Gasteiger partial charge in [-0.3, -0.25) is 9.20 Å². The van der Waals surface area contributed by atoms with Crippen molar-refractivity contribution in [3.63, 3.8) is 0 Å². The Bertz CT molecular complexity index is 963. The van der Waals surface area contributed by atoms with E-state index in [1.165, 1.54) is 18.3 Å². The highest BCUT2D eigenvalue weighted by atomic mass is 35.5. The number of carbonyl (C=O) groups excluding carboxylic acids is 2. The molecule has 3 aromatic rings. The molecule has 130 valence electrons. The van der Waals surface area contributed by atoms with Crippen LogP contribution in [0.1, 0.15) is 28.5 Å². The number of nitrogens with zero attached hydrogens (tertiary/aromatic N) is 2. The van der Waals surface area contributed by atoms with E-state index >= 15 is 0 Å². The third kappa shape index (κ3) is 3.52. The molecule has 0 radical (unpaired) electrons. The molecular formula is C17H16ClN3O3S. The lowest BCUT2D eigenvalue weighted by Crippen LogP contribution is -2.30. The number of aryl methyl sites for hydroxylation is 2. The number of fused-ring (bicyclic) bond motifs is 1. The van der Waals surface area contributed by atoms with Gasteiger partial charge in [0.1, 0.15) is 0 Å². The number of esters is 1. The molecule has 2 aromatic heterocycles. The van der Waals surface area contributed by atoms with Crippen LogP contribution in [0.25, 0.3) is 4.96 Å². The molecule has 0 unspecified atom stereocenters. The van der Waals surface area contributed by atoms with E-state index < -0.39 is 18.0 Å². The van der Waals surface area contributed by atoms with Crippen LogP contribution in [0.5, 0.6) is 0 Å². The largest absolute Gasteiger partial charge is 0.448 e. The maximum atomic E-state index is 12.4. The predicted molar refractivity (Wildman–Crippen MR) is 97.5 cm³/mol. The average Bonchev–Trinajstić information content (AvgIpc) is 3.09. The van der Waals surface area contributed by atoms with Crippen LogP contribution < -0.4 is 5.32 Å². The van der Waals surface area contributed by atoms with Gasteiger partial charge in [0.15, 0.2) is 21.9 Å². The number of thiazole rings is 1. The molecule has 0 aliphatic rings. The molecule has 3 rings (SSSR count). The number of amides is 1.